The molecule has 0 atom stereocenters. The van der Waals surface area contributed by atoms with E-state index < -0.39 is 10.9 Å². The molecule has 0 saturated heterocycles. The van der Waals surface area contributed by atoms with Crippen LogP contribution in [0.25, 0.3) is 0 Å². The van der Waals surface area contributed by atoms with Crippen LogP contribution in [-0.4, -0.2) is 25.1 Å². The number of carbonyl (C=O) groups is 1. The summed E-state index contributed by atoms with van der Waals surface area (Å²) >= 11 is 1.39. The molecule has 0 N–H and O–H groups in total. The molecule has 6 nitrogen and oxygen atoms in total. The lowest BCUT2D eigenvalue weighted by atomic mass is 10.2. The first-order chi connectivity index (χ1) is 11.1. The summed E-state index contributed by atoms with van der Waals surface area (Å²) < 4.78 is 9.78. The second-order valence-electron chi connectivity index (χ2n) is 4.54. The fraction of sp³-hybridized carbons (Fsp3) is 0.188. The highest BCUT2D eigenvalue weighted by atomic mass is 32.2. The Kier molecular flexibility index (Phi) is 5.59. The van der Waals surface area contributed by atoms with Gasteiger partial charge in [0.05, 0.1) is 24.7 Å². The van der Waals surface area contributed by atoms with Gasteiger partial charge in [-0.1, -0.05) is 30.3 Å². The number of rotatable bonds is 6. The van der Waals surface area contributed by atoms with Gasteiger partial charge in [-0.05, 0) is 5.56 Å². The number of nitro benzene ring substituents is 1. The van der Waals surface area contributed by atoms with Crippen LogP contribution in [0.15, 0.2) is 47.4 Å². The molecule has 0 aliphatic carbocycles. The Morgan fingerprint density at radius 1 is 1.22 bits per heavy atom. The number of esters is 1. The Labute approximate surface area is 137 Å². The van der Waals surface area contributed by atoms with E-state index >= 15 is 0 Å². The predicted octanol–water partition coefficient (Wildman–Crippen LogP) is 3.68. The largest absolute Gasteiger partial charge is 0.490 e. The number of benzene rings is 2. The van der Waals surface area contributed by atoms with Crippen molar-refractivity contribution in [2.24, 2.45) is 0 Å². The Bertz CT molecular complexity index is 718. The van der Waals surface area contributed by atoms with E-state index in [1.807, 2.05) is 30.3 Å². The number of hydrogen-bond donors (Lipinski definition) is 0. The lowest BCUT2D eigenvalue weighted by molar-refractivity contribution is -0.385. The van der Waals surface area contributed by atoms with E-state index in [0.717, 1.165) is 5.56 Å². The molecule has 120 valence electrons. The fourth-order valence-corrected chi connectivity index (χ4v) is 2.98. The number of nitrogens with zero attached hydrogens (tertiary/aromatic N) is 1. The topological polar surface area (TPSA) is 78.7 Å². The van der Waals surface area contributed by atoms with Crippen LogP contribution >= 0.6 is 11.8 Å². The quantitative estimate of drug-likeness (QED) is 0.347. The number of ether oxygens (including phenoxy) is 2. The van der Waals surface area contributed by atoms with Crippen LogP contribution in [0.1, 0.15) is 15.9 Å². The summed E-state index contributed by atoms with van der Waals surface area (Å²) in [6.07, 6.45) is 0. The van der Waals surface area contributed by atoms with Crippen molar-refractivity contribution in [1.82, 2.24) is 0 Å². The van der Waals surface area contributed by atoms with Crippen molar-refractivity contribution in [1.29, 1.82) is 0 Å². The maximum Gasteiger partial charge on any atom is 0.339 e. The van der Waals surface area contributed by atoms with Crippen LogP contribution < -0.4 is 4.74 Å². The van der Waals surface area contributed by atoms with Crippen LogP contribution in [0.4, 0.5) is 5.69 Å². The SMILES string of the molecule is COC(=O)c1cc([N+](=O)[O-])c(OC)cc1SCc1ccccc1. The lowest BCUT2D eigenvalue weighted by Gasteiger charge is -2.10. The number of hydrogen-bond acceptors (Lipinski definition) is 6. The van der Waals surface area contributed by atoms with E-state index in [1.54, 1.807) is 0 Å². The van der Waals surface area contributed by atoms with Gasteiger partial charge in [0.25, 0.3) is 0 Å². The average molecular weight is 333 g/mol. The summed E-state index contributed by atoms with van der Waals surface area (Å²) in [4.78, 5) is 23.0. The normalized spacial score (nSPS) is 10.2. The van der Waals surface area contributed by atoms with Gasteiger partial charge in [0, 0.05) is 22.8 Å². The van der Waals surface area contributed by atoms with Crippen molar-refractivity contribution in [2.75, 3.05) is 14.2 Å². The van der Waals surface area contributed by atoms with Crippen LogP contribution in [0, 0.1) is 10.1 Å². The maximum atomic E-state index is 11.9. The summed E-state index contributed by atoms with van der Waals surface area (Å²) in [6.45, 7) is 0. The summed E-state index contributed by atoms with van der Waals surface area (Å²) in [6, 6.07) is 12.4. The van der Waals surface area contributed by atoms with Gasteiger partial charge in [0.15, 0.2) is 5.75 Å². The first-order valence-electron chi connectivity index (χ1n) is 6.68. The molecule has 0 amide bonds. The lowest BCUT2D eigenvalue weighted by Crippen LogP contribution is -2.05. The van der Waals surface area contributed by atoms with Crippen molar-refractivity contribution in [3.63, 3.8) is 0 Å². The molecule has 2 aromatic carbocycles. The molecule has 0 bridgehead atoms. The third kappa shape index (κ3) is 4.01. The van der Waals surface area contributed by atoms with Crippen molar-refractivity contribution >= 4 is 23.4 Å². The molecule has 0 aromatic heterocycles. The van der Waals surface area contributed by atoms with E-state index in [9.17, 15) is 14.9 Å². The minimum Gasteiger partial charge on any atom is -0.490 e. The molecule has 2 aromatic rings. The fourth-order valence-electron chi connectivity index (χ4n) is 1.98. The van der Waals surface area contributed by atoms with Gasteiger partial charge in [-0.25, -0.2) is 4.79 Å². The standard InChI is InChI=1S/C16H15NO5S/c1-21-14-9-15(23-10-11-6-4-3-5-7-11)12(16(18)22-2)8-13(14)17(19)20/h3-9H,10H2,1-2H3. The van der Waals surface area contributed by atoms with Gasteiger partial charge in [0.1, 0.15) is 0 Å². The third-order valence-electron chi connectivity index (χ3n) is 3.12. The molecule has 0 spiro atoms. The molecule has 0 saturated carbocycles. The zero-order chi connectivity index (χ0) is 16.8. The highest BCUT2D eigenvalue weighted by Gasteiger charge is 2.23. The highest BCUT2D eigenvalue weighted by Crippen LogP contribution is 2.36. The summed E-state index contributed by atoms with van der Waals surface area (Å²) in [7, 11) is 2.59. The highest BCUT2D eigenvalue weighted by molar-refractivity contribution is 7.98. The minimum atomic E-state index is -0.619. The smallest absolute Gasteiger partial charge is 0.339 e. The first kappa shape index (κ1) is 16.8. The van der Waals surface area contributed by atoms with Crippen molar-refractivity contribution in [2.45, 2.75) is 10.6 Å². The molecule has 0 aliphatic rings. The summed E-state index contributed by atoms with van der Waals surface area (Å²) in [5, 5.41) is 11.1. The molecule has 7 heteroatoms. The molecular weight excluding hydrogens is 318 g/mol. The number of methoxy groups -OCH3 is 2. The first-order valence-corrected chi connectivity index (χ1v) is 7.66. The molecule has 0 fully saturated rings. The molecule has 2 rings (SSSR count). The van der Waals surface area contributed by atoms with Crippen LogP contribution in [0.5, 0.6) is 5.75 Å². The Hall–Kier alpha value is -2.54. The summed E-state index contributed by atoms with van der Waals surface area (Å²) in [5.41, 5.74) is 0.962. The van der Waals surface area contributed by atoms with Crippen LogP contribution in [0.2, 0.25) is 0 Å². The minimum absolute atomic E-state index is 0.109. The van der Waals surface area contributed by atoms with Gasteiger partial charge >= 0.3 is 11.7 Å². The molecular formula is C16H15NO5S. The Morgan fingerprint density at radius 2 is 1.91 bits per heavy atom. The van der Waals surface area contributed by atoms with E-state index in [-0.39, 0.29) is 17.0 Å². The van der Waals surface area contributed by atoms with Gasteiger partial charge < -0.3 is 9.47 Å². The van der Waals surface area contributed by atoms with Gasteiger partial charge in [0.2, 0.25) is 0 Å². The predicted molar refractivity (Wildman–Crippen MR) is 87.0 cm³/mol. The number of nitro groups is 1. The number of thioether (sulfide) groups is 1. The molecule has 0 heterocycles. The van der Waals surface area contributed by atoms with E-state index in [4.69, 9.17) is 9.47 Å². The molecule has 0 aliphatic heterocycles. The molecule has 23 heavy (non-hydrogen) atoms. The van der Waals surface area contributed by atoms with Crippen molar-refractivity contribution < 1.29 is 19.2 Å². The average Bonchev–Trinajstić information content (AvgIpc) is 2.59. The monoisotopic (exact) mass is 333 g/mol. The molecule has 0 radical (unpaired) electrons. The Morgan fingerprint density at radius 3 is 2.48 bits per heavy atom. The second kappa shape index (κ2) is 7.64. The van der Waals surface area contributed by atoms with Crippen LogP contribution in [0.3, 0.4) is 0 Å². The van der Waals surface area contributed by atoms with Crippen molar-refractivity contribution in [3.8, 4) is 5.75 Å². The molecule has 0 unspecified atom stereocenters. The van der Waals surface area contributed by atoms with E-state index in [0.29, 0.717) is 10.6 Å². The number of carbonyl (C=O) groups excluding carboxylic acids is 1. The summed E-state index contributed by atoms with van der Waals surface area (Å²) in [5.74, 6) is 0.107. The third-order valence-corrected chi connectivity index (χ3v) is 4.25. The zero-order valence-corrected chi connectivity index (χ0v) is 13.5. The van der Waals surface area contributed by atoms with E-state index in [1.165, 1.54) is 38.1 Å². The van der Waals surface area contributed by atoms with Gasteiger partial charge in [-0.3, -0.25) is 10.1 Å². The Balaban J connectivity index is 2.39. The van der Waals surface area contributed by atoms with Gasteiger partial charge in [-0.2, -0.15) is 0 Å². The van der Waals surface area contributed by atoms with Crippen LogP contribution in [-0.2, 0) is 10.5 Å². The zero-order valence-electron chi connectivity index (χ0n) is 12.6. The second-order valence-corrected chi connectivity index (χ2v) is 5.56. The van der Waals surface area contributed by atoms with E-state index in [2.05, 4.69) is 0 Å². The van der Waals surface area contributed by atoms with Crippen molar-refractivity contribution in [3.05, 3.63) is 63.7 Å². The van der Waals surface area contributed by atoms with Gasteiger partial charge in [-0.15, -0.1) is 11.8 Å². The maximum absolute atomic E-state index is 11.9.